The van der Waals surface area contributed by atoms with Crippen molar-refractivity contribution < 1.29 is 4.74 Å². The summed E-state index contributed by atoms with van der Waals surface area (Å²) in [5, 5.41) is 11.8. The van der Waals surface area contributed by atoms with Crippen LogP contribution >= 0.6 is 15.9 Å². The zero-order valence-electron chi connectivity index (χ0n) is 8.04. The summed E-state index contributed by atoms with van der Waals surface area (Å²) in [7, 11) is 3.35. The maximum absolute atomic E-state index is 8.89. The lowest BCUT2D eigenvalue weighted by Crippen LogP contribution is -2.14. The highest BCUT2D eigenvalue weighted by atomic mass is 79.9. The van der Waals surface area contributed by atoms with Crippen molar-refractivity contribution in [1.82, 2.24) is 5.32 Å². The second-order valence-electron chi connectivity index (χ2n) is 2.74. The highest BCUT2D eigenvalue weighted by molar-refractivity contribution is 9.10. The molecule has 0 aromatic heterocycles. The predicted octanol–water partition coefficient (Wildman–Crippen LogP) is 2.24. The van der Waals surface area contributed by atoms with Gasteiger partial charge in [0.15, 0.2) is 0 Å². The Morgan fingerprint density at radius 2 is 2.29 bits per heavy atom. The molecule has 14 heavy (non-hydrogen) atoms. The quantitative estimate of drug-likeness (QED) is 0.900. The number of hydrogen-bond acceptors (Lipinski definition) is 3. The molecule has 0 aliphatic rings. The van der Waals surface area contributed by atoms with E-state index in [0.29, 0.717) is 0 Å². The van der Waals surface area contributed by atoms with E-state index >= 15 is 0 Å². The summed E-state index contributed by atoms with van der Waals surface area (Å²) < 4.78 is 5.99. The van der Waals surface area contributed by atoms with E-state index in [0.717, 1.165) is 15.8 Å². The number of benzene rings is 1. The van der Waals surface area contributed by atoms with E-state index in [9.17, 15) is 0 Å². The third kappa shape index (κ3) is 2.25. The molecule has 0 aliphatic carbocycles. The summed E-state index contributed by atoms with van der Waals surface area (Å²) in [5.74, 6) is 0.749. The zero-order chi connectivity index (χ0) is 10.6. The van der Waals surface area contributed by atoms with E-state index in [1.54, 1.807) is 14.2 Å². The Labute approximate surface area is 91.8 Å². The lowest BCUT2D eigenvalue weighted by Gasteiger charge is -2.11. The largest absolute Gasteiger partial charge is 0.497 e. The second kappa shape index (κ2) is 4.99. The summed E-state index contributed by atoms with van der Waals surface area (Å²) in [6.07, 6.45) is 0. The molecule has 0 fully saturated rings. The Bertz CT molecular complexity index is 360. The zero-order valence-corrected chi connectivity index (χ0v) is 9.63. The van der Waals surface area contributed by atoms with Crippen LogP contribution in [0, 0.1) is 11.3 Å². The fourth-order valence-corrected chi connectivity index (χ4v) is 1.64. The van der Waals surface area contributed by atoms with Crippen LogP contribution < -0.4 is 10.1 Å². The van der Waals surface area contributed by atoms with Gasteiger partial charge in [-0.25, -0.2) is 0 Å². The molecule has 1 aromatic rings. The maximum Gasteiger partial charge on any atom is 0.122 e. The number of halogens is 1. The third-order valence-electron chi connectivity index (χ3n) is 1.93. The van der Waals surface area contributed by atoms with Gasteiger partial charge in [0.25, 0.3) is 0 Å². The molecular formula is C10H11BrN2O. The summed E-state index contributed by atoms with van der Waals surface area (Å²) in [4.78, 5) is 0. The molecule has 1 atom stereocenters. The van der Waals surface area contributed by atoms with E-state index in [1.165, 1.54) is 0 Å². The molecule has 0 heterocycles. The molecule has 1 rings (SSSR count). The fourth-order valence-electron chi connectivity index (χ4n) is 1.16. The van der Waals surface area contributed by atoms with Crippen LogP contribution in [0.3, 0.4) is 0 Å². The third-order valence-corrected chi connectivity index (χ3v) is 2.65. The van der Waals surface area contributed by atoms with E-state index < -0.39 is 0 Å². The topological polar surface area (TPSA) is 45.0 Å². The Kier molecular flexibility index (Phi) is 3.93. The normalized spacial score (nSPS) is 11.9. The molecule has 74 valence electrons. The lowest BCUT2D eigenvalue weighted by molar-refractivity contribution is 0.414. The van der Waals surface area contributed by atoms with Crippen LogP contribution in [-0.2, 0) is 0 Å². The van der Waals surface area contributed by atoms with E-state index in [2.05, 4.69) is 27.3 Å². The minimum atomic E-state index is -0.320. The number of nitriles is 1. The number of hydrogen-bond donors (Lipinski definition) is 1. The van der Waals surface area contributed by atoms with Crippen LogP contribution in [0.5, 0.6) is 5.75 Å². The van der Waals surface area contributed by atoms with Crippen LogP contribution in [0.15, 0.2) is 22.7 Å². The summed E-state index contributed by atoms with van der Waals surface area (Å²) in [5.41, 5.74) is 0.884. The summed E-state index contributed by atoms with van der Waals surface area (Å²) >= 11 is 3.40. The van der Waals surface area contributed by atoms with Crippen molar-refractivity contribution in [1.29, 1.82) is 5.26 Å². The van der Waals surface area contributed by atoms with Crippen LogP contribution in [0.25, 0.3) is 0 Å². The molecule has 0 bridgehead atoms. The van der Waals surface area contributed by atoms with Crippen LogP contribution in [-0.4, -0.2) is 14.2 Å². The number of rotatable bonds is 3. The van der Waals surface area contributed by atoms with Crippen molar-refractivity contribution in [3.05, 3.63) is 28.2 Å². The fraction of sp³-hybridized carbons (Fsp3) is 0.300. The molecule has 0 amide bonds. The van der Waals surface area contributed by atoms with Crippen molar-refractivity contribution in [3.63, 3.8) is 0 Å². The first-order chi connectivity index (χ1) is 6.72. The Morgan fingerprint density at radius 3 is 2.79 bits per heavy atom. The average Bonchev–Trinajstić information content (AvgIpc) is 2.22. The molecule has 0 saturated carbocycles. The number of nitrogens with one attached hydrogen (secondary N) is 1. The molecule has 1 unspecified atom stereocenters. The summed E-state index contributed by atoms with van der Waals surface area (Å²) in [6, 6.07) is 7.40. The van der Waals surface area contributed by atoms with Crippen molar-refractivity contribution in [2.24, 2.45) is 0 Å². The van der Waals surface area contributed by atoms with Crippen molar-refractivity contribution in [2.45, 2.75) is 6.04 Å². The van der Waals surface area contributed by atoms with Crippen LogP contribution in [0.1, 0.15) is 11.6 Å². The number of nitrogens with zero attached hydrogens (tertiary/aromatic N) is 1. The van der Waals surface area contributed by atoms with Crippen molar-refractivity contribution in [3.8, 4) is 11.8 Å². The van der Waals surface area contributed by atoms with Gasteiger partial charge in [-0.2, -0.15) is 5.26 Å². The first-order valence-corrected chi connectivity index (χ1v) is 4.92. The molecule has 0 saturated heterocycles. The maximum atomic E-state index is 8.89. The Hall–Kier alpha value is -1.05. The van der Waals surface area contributed by atoms with Gasteiger partial charge >= 0.3 is 0 Å². The first kappa shape index (κ1) is 11.0. The van der Waals surface area contributed by atoms with Gasteiger partial charge in [-0.1, -0.05) is 15.9 Å². The highest BCUT2D eigenvalue weighted by Crippen LogP contribution is 2.27. The first-order valence-electron chi connectivity index (χ1n) is 4.13. The highest BCUT2D eigenvalue weighted by Gasteiger charge is 2.12. The van der Waals surface area contributed by atoms with E-state index in [4.69, 9.17) is 10.00 Å². The average molecular weight is 255 g/mol. The molecule has 0 spiro atoms. The minimum Gasteiger partial charge on any atom is -0.497 e. The van der Waals surface area contributed by atoms with Crippen molar-refractivity contribution >= 4 is 15.9 Å². The number of ether oxygens (including phenoxy) is 1. The molecule has 1 N–H and O–H groups in total. The monoisotopic (exact) mass is 254 g/mol. The van der Waals surface area contributed by atoms with Crippen LogP contribution in [0.4, 0.5) is 0 Å². The SMILES string of the molecule is CNC(C#N)c1cc(OC)ccc1Br. The van der Waals surface area contributed by atoms with Crippen LogP contribution in [0.2, 0.25) is 0 Å². The lowest BCUT2D eigenvalue weighted by atomic mass is 10.1. The molecule has 0 radical (unpaired) electrons. The predicted molar refractivity (Wildman–Crippen MR) is 58.1 cm³/mol. The molecule has 1 aromatic carbocycles. The Morgan fingerprint density at radius 1 is 1.57 bits per heavy atom. The van der Waals surface area contributed by atoms with E-state index in [1.807, 2.05) is 18.2 Å². The number of methoxy groups -OCH3 is 1. The smallest absolute Gasteiger partial charge is 0.122 e. The minimum absolute atomic E-state index is 0.320. The van der Waals surface area contributed by atoms with Gasteiger partial charge in [0, 0.05) is 10.0 Å². The molecule has 4 heteroatoms. The van der Waals surface area contributed by atoms with Gasteiger partial charge in [-0.05, 0) is 25.2 Å². The molecule has 0 aliphatic heterocycles. The second-order valence-corrected chi connectivity index (χ2v) is 3.59. The van der Waals surface area contributed by atoms with Gasteiger partial charge in [-0.3, -0.25) is 0 Å². The standard InChI is InChI=1S/C10H11BrN2O/c1-13-10(6-12)8-5-7(14-2)3-4-9(8)11/h3-5,10,13H,1-2H3. The molecular weight excluding hydrogens is 244 g/mol. The van der Waals surface area contributed by atoms with Gasteiger partial charge in [0.1, 0.15) is 11.8 Å². The molecule has 3 nitrogen and oxygen atoms in total. The summed E-state index contributed by atoms with van der Waals surface area (Å²) in [6.45, 7) is 0. The van der Waals surface area contributed by atoms with Gasteiger partial charge in [-0.15, -0.1) is 0 Å². The van der Waals surface area contributed by atoms with Gasteiger partial charge in [0.05, 0.1) is 13.2 Å². The Balaban J connectivity index is 3.12. The van der Waals surface area contributed by atoms with E-state index in [-0.39, 0.29) is 6.04 Å². The van der Waals surface area contributed by atoms with Gasteiger partial charge in [0.2, 0.25) is 0 Å². The van der Waals surface area contributed by atoms with Crippen molar-refractivity contribution in [2.75, 3.05) is 14.2 Å². The van der Waals surface area contributed by atoms with Gasteiger partial charge < -0.3 is 10.1 Å².